The van der Waals surface area contributed by atoms with E-state index in [1.54, 1.807) is 0 Å². The van der Waals surface area contributed by atoms with E-state index >= 15 is 0 Å². The molecule has 1 aromatic heterocycles. The molecule has 1 heterocycles. The molecule has 0 saturated heterocycles. The number of nitrogens with one attached hydrogen (secondary N) is 1. The first kappa shape index (κ1) is 7.10. The highest BCUT2D eigenvalue weighted by molar-refractivity contribution is 7.92. The predicted molar refractivity (Wildman–Crippen MR) is 36.9 cm³/mol. The van der Waals surface area contributed by atoms with Crippen molar-refractivity contribution >= 4 is 12.2 Å². The van der Waals surface area contributed by atoms with Gasteiger partial charge in [-0.2, -0.15) is 0 Å². The zero-order chi connectivity index (χ0) is 7.56. The summed E-state index contributed by atoms with van der Waals surface area (Å²) in [6, 6.07) is 1.14. The molecular formula is C4H4N2O3S. The number of rotatable bonds is 1. The largest absolute Gasteiger partial charge is 0.340 e. The van der Waals surface area contributed by atoms with E-state index < -0.39 is 11.2 Å². The lowest BCUT2D eigenvalue weighted by molar-refractivity contribution is 0.651. The summed E-state index contributed by atoms with van der Waals surface area (Å²) in [7, 11) is 0. The molecule has 2 N–H and O–H groups in total. The van der Waals surface area contributed by atoms with E-state index in [0.717, 1.165) is 10.0 Å². The molecule has 0 atom stereocenters. The van der Waals surface area contributed by atoms with Crippen molar-refractivity contribution in [3.8, 4) is 0 Å². The summed E-state index contributed by atoms with van der Waals surface area (Å²) in [4.78, 5) is 23.0. The Morgan fingerprint density at radius 3 is 2.80 bits per heavy atom. The summed E-state index contributed by atoms with van der Waals surface area (Å²) in [6.45, 7) is 0. The van der Waals surface area contributed by atoms with Gasteiger partial charge in [-0.15, -0.1) is 0 Å². The third-order valence-corrected chi connectivity index (χ3v) is 1.34. The molecule has 0 radical (unpaired) electrons. The van der Waals surface area contributed by atoms with Crippen LogP contribution in [0.25, 0.3) is 0 Å². The summed E-state index contributed by atoms with van der Waals surface area (Å²) in [6.07, 6.45) is 1.19. The first-order valence-electron chi connectivity index (χ1n) is 2.38. The van der Waals surface area contributed by atoms with Crippen molar-refractivity contribution in [1.82, 2.24) is 8.96 Å². The lowest BCUT2D eigenvalue weighted by atomic mass is 10.7. The Balaban J connectivity index is 3.34. The van der Waals surface area contributed by atoms with Crippen LogP contribution in [-0.4, -0.2) is 13.5 Å². The normalized spacial score (nSPS) is 9.70. The van der Waals surface area contributed by atoms with Gasteiger partial charge in [-0.05, 0) is 0 Å². The van der Waals surface area contributed by atoms with Gasteiger partial charge in [0.15, 0.2) is 0 Å². The highest BCUT2D eigenvalue weighted by Crippen LogP contribution is 1.88. The van der Waals surface area contributed by atoms with Gasteiger partial charge in [0.2, 0.25) is 0 Å². The average molecular weight is 160 g/mol. The molecule has 0 aliphatic heterocycles. The minimum absolute atomic E-state index is 0.238. The first-order valence-corrected chi connectivity index (χ1v) is 3.11. The molecule has 0 amide bonds. The lowest BCUT2D eigenvalue weighted by Crippen LogP contribution is -2.25. The van der Waals surface area contributed by atoms with E-state index in [0.29, 0.717) is 0 Å². The van der Waals surface area contributed by atoms with E-state index in [1.165, 1.54) is 6.20 Å². The molecule has 10 heavy (non-hydrogen) atoms. The maximum Gasteiger partial charge on any atom is 0.340 e. The number of nitrogens with zero attached hydrogens (tertiary/aromatic N) is 1. The highest BCUT2D eigenvalue weighted by atomic mass is 32.2. The second-order valence-electron chi connectivity index (χ2n) is 1.52. The fraction of sp³-hybridized carbons (Fsp3) is 0. The minimum atomic E-state index is -0.639. The molecule has 0 spiro atoms. The van der Waals surface area contributed by atoms with Crippen LogP contribution in [0.5, 0.6) is 0 Å². The van der Waals surface area contributed by atoms with Crippen molar-refractivity contribution < 1.29 is 4.55 Å². The summed E-state index contributed by atoms with van der Waals surface area (Å²) in [5.41, 5.74) is -1.12. The van der Waals surface area contributed by atoms with Crippen molar-refractivity contribution in [2.75, 3.05) is 0 Å². The monoisotopic (exact) mass is 160 g/mol. The molecule has 0 fully saturated rings. The zero-order valence-electron chi connectivity index (χ0n) is 4.77. The van der Waals surface area contributed by atoms with Gasteiger partial charge >= 0.3 is 5.69 Å². The topological polar surface area (TPSA) is 75.1 Å². The lowest BCUT2D eigenvalue weighted by Gasteiger charge is -1.92. The number of H-pyrrole nitrogens is 1. The van der Waals surface area contributed by atoms with Crippen molar-refractivity contribution in [2.24, 2.45) is 0 Å². The Kier molecular flexibility index (Phi) is 1.93. The molecule has 0 bridgehead atoms. The number of aromatic amines is 1. The SMILES string of the molecule is O=c1ccn(SO)c(=O)[nH]1. The van der Waals surface area contributed by atoms with Crippen LogP contribution in [0.15, 0.2) is 21.9 Å². The van der Waals surface area contributed by atoms with Crippen molar-refractivity contribution in [3.05, 3.63) is 33.1 Å². The van der Waals surface area contributed by atoms with Crippen LogP contribution in [0.3, 0.4) is 0 Å². The van der Waals surface area contributed by atoms with Crippen LogP contribution in [0.4, 0.5) is 0 Å². The predicted octanol–water partition coefficient (Wildman–Crippen LogP) is -0.494. The molecule has 0 saturated carbocycles. The number of hydrogen-bond donors (Lipinski definition) is 2. The van der Waals surface area contributed by atoms with E-state index in [9.17, 15) is 9.59 Å². The van der Waals surface area contributed by atoms with E-state index in [2.05, 4.69) is 0 Å². The van der Waals surface area contributed by atoms with Gasteiger partial charge in [0.05, 0.1) is 0 Å². The van der Waals surface area contributed by atoms with Crippen LogP contribution < -0.4 is 11.2 Å². The second-order valence-corrected chi connectivity index (χ2v) is 2.07. The second kappa shape index (κ2) is 2.72. The maximum absolute atomic E-state index is 10.6. The zero-order valence-corrected chi connectivity index (χ0v) is 5.59. The molecule has 0 aliphatic rings. The molecule has 0 aliphatic carbocycles. The first-order chi connectivity index (χ1) is 4.74. The van der Waals surface area contributed by atoms with Gasteiger partial charge in [0, 0.05) is 12.3 Å². The summed E-state index contributed by atoms with van der Waals surface area (Å²) < 4.78 is 9.26. The summed E-state index contributed by atoms with van der Waals surface area (Å²) in [5.74, 6) is 0. The van der Waals surface area contributed by atoms with Gasteiger partial charge in [-0.25, -0.2) is 8.77 Å². The van der Waals surface area contributed by atoms with Gasteiger partial charge in [-0.1, -0.05) is 0 Å². The van der Waals surface area contributed by atoms with E-state index in [1.807, 2.05) is 4.98 Å². The molecule has 6 heteroatoms. The summed E-state index contributed by atoms with van der Waals surface area (Å²) >= 11 is 0.238. The quantitative estimate of drug-likeness (QED) is 0.543. The fourth-order valence-corrected chi connectivity index (χ4v) is 0.705. The molecule has 0 aromatic carbocycles. The van der Waals surface area contributed by atoms with Crippen LogP contribution in [0.2, 0.25) is 0 Å². The van der Waals surface area contributed by atoms with Crippen LogP contribution in [-0.2, 0) is 0 Å². The Morgan fingerprint density at radius 2 is 2.30 bits per heavy atom. The third-order valence-electron chi connectivity index (χ3n) is 0.880. The number of aromatic nitrogens is 2. The Bertz CT molecular complexity index is 328. The van der Waals surface area contributed by atoms with Crippen molar-refractivity contribution in [3.63, 3.8) is 0 Å². The molecule has 1 rings (SSSR count). The third kappa shape index (κ3) is 1.28. The number of hydrogen-bond acceptors (Lipinski definition) is 4. The standard InChI is InChI=1S/C4H4N2O3S/c7-3-1-2-6(10-9)4(8)5-3/h1-2,9H,(H,5,7,8). The van der Waals surface area contributed by atoms with Gasteiger partial charge in [0.1, 0.15) is 12.2 Å². The fourth-order valence-electron chi connectivity index (χ4n) is 0.470. The Hall–Kier alpha value is -1.01. The average Bonchev–Trinajstić information content (AvgIpc) is 1.88. The minimum Gasteiger partial charge on any atom is -0.312 e. The Labute approximate surface area is 59.7 Å². The highest BCUT2D eigenvalue weighted by Gasteiger charge is 1.92. The molecule has 5 nitrogen and oxygen atoms in total. The molecule has 1 aromatic rings. The molecule has 54 valence electrons. The van der Waals surface area contributed by atoms with Gasteiger partial charge in [0.25, 0.3) is 5.56 Å². The Morgan fingerprint density at radius 1 is 1.60 bits per heavy atom. The van der Waals surface area contributed by atoms with Gasteiger partial charge in [-0.3, -0.25) is 9.78 Å². The smallest absolute Gasteiger partial charge is 0.312 e. The molecular weight excluding hydrogens is 156 g/mol. The van der Waals surface area contributed by atoms with E-state index in [-0.39, 0.29) is 12.2 Å². The molecule has 0 unspecified atom stereocenters. The summed E-state index contributed by atoms with van der Waals surface area (Å²) in [5, 5.41) is 0. The van der Waals surface area contributed by atoms with Crippen LogP contribution in [0, 0.1) is 0 Å². The van der Waals surface area contributed by atoms with Crippen molar-refractivity contribution in [2.45, 2.75) is 0 Å². The van der Waals surface area contributed by atoms with Gasteiger partial charge < -0.3 is 4.55 Å². The van der Waals surface area contributed by atoms with E-state index in [4.69, 9.17) is 4.55 Å². The van der Waals surface area contributed by atoms with Crippen LogP contribution in [0.1, 0.15) is 0 Å². The van der Waals surface area contributed by atoms with Crippen molar-refractivity contribution in [1.29, 1.82) is 0 Å². The van der Waals surface area contributed by atoms with Crippen LogP contribution >= 0.6 is 12.2 Å². The maximum atomic E-state index is 10.6.